The Kier molecular flexibility index (Phi) is 6.40. The van der Waals surface area contributed by atoms with Crippen LogP contribution in [-0.4, -0.2) is 60.8 Å². The second-order valence-electron chi connectivity index (χ2n) is 7.56. The van der Waals surface area contributed by atoms with Crippen LogP contribution in [0, 0.1) is 11.8 Å². The molecule has 1 heterocycles. The van der Waals surface area contributed by atoms with Crippen molar-refractivity contribution in [1.82, 2.24) is 9.21 Å². The highest BCUT2D eigenvalue weighted by molar-refractivity contribution is 7.89. The number of hydrogen-bond acceptors (Lipinski definition) is 4. The van der Waals surface area contributed by atoms with E-state index >= 15 is 0 Å². The fraction of sp³-hybridized carbons (Fsp3) is 0.600. The summed E-state index contributed by atoms with van der Waals surface area (Å²) in [5, 5.41) is 9.41. The van der Waals surface area contributed by atoms with E-state index in [0.29, 0.717) is 25.9 Å². The highest BCUT2D eigenvalue weighted by Gasteiger charge is 2.39. The summed E-state index contributed by atoms with van der Waals surface area (Å²) in [7, 11) is -3.58. The number of sulfonamides is 1. The van der Waals surface area contributed by atoms with Crippen molar-refractivity contribution >= 4 is 21.9 Å². The minimum Gasteiger partial charge on any atom is -0.481 e. The van der Waals surface area contributed by atoms with Crippen LogP contribution in [0.4, 0.5) is 0 Å². The maximum Gasteiger partial charge on any atom is 0.307 e. The molecule has 0 unspecified atom stereocenters. The zero-order valence-corrected chi connectivity index (χ0v) is 17.0. The van der Waals surface area contributed by atoms with Gasteiger partial charge in [0.2, 0.25) is 15.9 Å². The lowest BCUT2D eigenvalue weighted by Gasteiger charge is -2.38. The highest BCUT2D eigenvalue weighted by Crippen LogP contribution is 2.32. The van der Waals surface area contributed by atoms with E-state index < -0.39 is 27.8 Å². The molecule has 28 heavy (non-hydrogen) atoms. The van der Waals surface area contributed by atoms with E-state index in [2.05, 4.69) is 0 Å². The molecule has 2 fully saturated rings. The molecule has 2 aliphatic rings. The molecule has 3 rings (SSSR count). The summed E-state index contributed by atoms with van der Waals surface area (Å²) in [4.78, 5) is 26.2. The van der Waals surface area contributed by atoms with Crippen molar-refractivity contribution in [3.05, 3.63) is 29.8 Å². The normalized spacial score (nSPS) is 24.1. The minimum absolute atomic E-state index is 0.142. The molecule has 8 heteroatoms. The smallest absolute Gasteiger partial charge is 0.307 e. The Morgan fingerprint density at radius 2 is 1.57 bits per heavy atom. The Labute approximate surface area is 166 Å². The van der Waals surface area contributed by atoms with Gasteiger partial charge in [0.15, 0.2) is 0 Å². The molecule has 1 N–H and O–H groups in total. The Balaban J connectivity index is 1.64. The fourth-order valence-corrected chi connectivity index (χ4v) is 5.57. The zero-order chi connectivity index (χ0) is 20.3. The van der Waals surface area contributed by atoms with Gasteiger partial charge >= 0.3 is 5.97 Å². The summed E-state index contributed by atoms with van der Waals surface area (Å²) in [6.07, 6.45) is 3.68. The molecular weight excluding hydrogens is 380 g/mol. The molecule has 1 aliphatic carbocycles. The number of hydrogen-bond donors (Lipinski definition) is 1. The van der Waals surface area contributed by atoms with Gasteiger partial charge < -0.3 is 10.0 Å². The van der Waals surface area contributed by atoms with Gasteiger partial charge in [-0.2, -0.15) is 4.31 Å². The lowest BCUT2D eigenvalue weighted by Crippen LogP contribution is -2.53. The van der Waals surface area contributed by atoms with Crippen LogP contribution in [-0.2, 0) is 26.0 Å². The number of carboxylic acids is 1. The fourth-order valence-electron chi connectivity index (χ4n) is 4.15. The molecule has 0 spiro atoms. The molecule has 2 atom stereocenters. The van der Waals surface area contributed by atoms with Crippen molar-refractivity contribution in [2.45, 2.75) is 43.9 Å². The van der Waals surface area contributed by atoms with Crippen LogP contribution in [0.2, 0.25) is 0 Å². The number of nitrogens with zero attached hydrogens (tertiary/aromatic N) is 2. The minimum atomic E-state index is -3.58. The summed E-state index contributed by atoms with van der Waals surface area (Å²) >= 11 is 0. The van der Waals surface area contributed by atoms with E-state index in [0.717, 1.165) is 24.8 Å². The molecule has 1 saturated heterocycles. The second-order valence-corrected chi connectivity index (χ2v) is 9.50. The number of benzene rings is 1. The third-order valence-electron chi connectivity index (χ3n) is 5.92. The second kappa shape index (κ2) is 8.61. The lowest BCUT2D eigenvalue weighted by molar-refractivity contribution is -0.152. The van der Waals surface area contributed by atoms with Gasteiger partial charge in [0.25, 0.3) is 0 Å². The zero-order valence-electron chi connectivity index (χ0n) is 16.2. The van der Waals surface area contributed by atoms with Crippen molar-refractivity contribution < 1.29 is 23.1 Å². The summed E-state index contributed by atoms with van der Waals surface area (Å²) in [6, 6.07) is 6.90. The predicted octanol–water partition coefficient (Wildman–Crippen LogP) is 1.97. The molecule has 1 aliphatic heterocycles. The van der Waals surface area contributed by atoms with E-state index in [4.69, 9.17) is 0 Å². The van der Waals surface area contributed by atoms with Crippen molar-refractivity contribution in [3.8, 4) is 0 Å². The van der Waals surface area contributed by atoms with E-state index in [1.54, 1.807) is 17.0 Å². The molecule has 1 aromatic carbocycles. The van der Waals surface area contributed by atoms with Gasteiger partial charge in [-0.25, -0.2) is 8.42 Å². The first-order valence-electron chi connectivity index (χ1n) is 9.95. The van der Waals surface area contributed by atoms with Crippen LogP contribution in [0.3, 0.4) is 0 Å². The van der Waals surface area contributed by atoms with Crippen LogP contribution >= 0.6 is 0 Å². The maximum absolute atomic E-state index is 12.9. The van der Waals surface area contributed by atoms with Gasteiger partial charge in [-0.3, -0.25) is 9.59 Å². The summed E-state index contributed by atoms with van der Waals surface area (Å²) in [6.45, 7) is 3.07. The summed E-state index contributed by atoms with van der Waals surface area (Å²) in [5.41, 5.74) is 1.08. The Bertz CT molecular complexity index is 814. The van der Waals surface area contributed by atoms with Crippen LogP contribution in [0.1, 0.15) is 38.2 Å². The monoisotopic (exact) mass is 408 g/mol. The van der Waals surface area contributed by atoms with Gasteiger partial charge in [0.05, 0.1) is 16.7 Å². The average molecular weight is 409 g/mol. The maximum atomic E-state index is 12.9. The van der Waals surface area contributed by atoms with Crippen LogP contribution < -0.4 is 0 Å². The number of aryl methyl sites for hydroxylation is 1. The first-order valence-corrected chi connectivity index (χ1v) is 11.4. The van der Waals surface area contributed by atoms with E-state index in [1.807, 2.05) is 19.1 Å². The third-order valence-corrected chi connectivity index (χ3v) is 7.83. The highest BCUT2D eigenvalue weighted by atomic mass is 32.2. The lowest BCUT2D eigenvalue weighted by atomic mass is 9.78. The number of piperazine rings is 1. The SMILES string of the molecule is CCc1ccc(S(=O)(=O)N2CCN(C(=O)[C@@H]3CCCC[C@@H]3C(=O)O)CC2)cc1. The van der Waals surface area contributed by atoms with Gasteiger partial charge in [-0.1, -0.05) is 31.9 Å². The first kappa shape index (κ1) is 20.8. The number of aliphatic carboxylic acids is 1. The number of carbonyl (C=O) groups is 2. The standard InChI is InChI=1S/C20H28N2O5S/c1-2-15-7-9-16(10-8-15)28(26,27)22-13-11-21(12-14-22)19(23)17-5-3-4-6-18(17)20(24)25/h7-10,17-18H,2-6,11-14H2,1H3,(H,24,25)/t17-,18+/m1/s1. The molecule has 154 valence electrons. The average Bonchev–Trinajstić information content (AvgIpc) is 2.73. The van der Waals surface area contributed by atoms with Crippen molar-refractivity contribution in [3.63, 3.8) is 0 Å². The molecule has 7 nitrogen and oxygen atoms in total. The topological polar surface area (TPSA) is 95.0 Å². The number of carboxylic acid groups (broad SMARTS) is 1. The largest absolute Gasteiger partial charge is 0.481 e. The van der Waals surface area contributed by atoms with Gasteiger partial charge in [0.1, 0.15) is 0 Å². The molecule has 1 saturated carbocycles. The Morgan fingerprint density at radius 3 is 2.11 bits per heavy atom. The summed E-state index contributed by atoms with van der Waals surface area (Å²) < 4.78 is 27.1. The molecule has 0 aromatic heterocycles. The van der Waals surface area contributed by atoms with E-state index in [1.165, 1.54) is 4.31 Å². The van der Waals surface area contributed by atoms with E-state index in [-0.39, 0.29) is 23.9 Å². The Hall–Kier alpha value is -1.93. The first-order chi connectivity index (χ1) is 13.3. The van der Waals surface area contributed by atoms with Gasteiger partial charge in [0, 0.05) is 26.2 Å². The third kappa shape index (κ3) is 4.22. The molecule has 0 radical (unpaired) electrons. The van der Waals surface area contributed by atoms with E-state index in [9.17, 15) is 23.1 Å². The summed E-state index contributed by atoms with van der Waals surface area (Å²) in [5.74, 6) is -2.16. The Morgan fingerprint density at radius 1 is 1.00 bits per heavy atom. The molecule has 0 bridgehead atoms. The van der Waals surface area contributed by atoms with Gasteiger partial charge in [-0.05, 0) is 37.0 Å². The quantitative estimate of drug-likeness (QED) is 0.804. The van der Waals surface area contributed by atoms with Crippen molar-refractivity contribution in [2.24, 2.45) is 11.8 Å². The van der Waals surface area contributed by atoms with Crippen LogP contribution in [0.25, 0.3) is 0 Å². The van der Waals surface area contributed by atoms with Crippen LogP contribution in [0.15, 0.2) is 29.2 Å². The molecule has 1 amide bonds. The number of carbonyl (C=O) groups excluding carboxylic acids is 1. The number of amides is 1. The van der Waals surface area contributed by atoms with Crippen molar-refractivity contribution in [1.29, 1.82) is 0 Å². The molecule has 1 aromatic rings. The number of rotatable bonds is 5. The van der Waals surface area contributed by atoms with Crippen LogP contribution in [0.5, 0.6) is 0 Å². The van der Waals surface area contributed by atoms with Crippen molar-refractivity contribution in [2.75, 3.05) is 26.2 Å². The van der Waals surface area contributed by atoms with Gasteiger partial charge in [-0.15, -0.1) is 0 Å². The molecular formula is C20H28N2O5S. The predicted molar refractivity (Wildman–Crippen MR) is 104 cm³/mol.